The van der Waals surface area contributed by atoms with Gasteiger partial charge in [-0.2, -0.15) is 13.2 Å². The lowest BCUT2D eigenvalue weighted by atomic mass is 9.71. The lowest BCUT2D eigenvalue weighted by Crippen LogP contribution is -2.58. The lowest BCUT2D eigenvalue weighted by molar-refractivity contribution is -0.211. The summed E-state index contributed by atoms with van der Waals surface area (Å²) in [6, 6.07) is 0. The highest BCUT2D eigenvalue weighted by Crippen LogP contribution is 2.45. The van der Waals surface area contributed by atoms with Crippen LogP contribution in [0.4, 0.5) is 13.2 Å². The molecule has 1 aliphatic carbocycles. The Kier molecular flexibility index (Phi) is 3.14. The molecule has 0 aliphatic heterocycles. The van der Waals surface area contributed by atoms with E-state index >= 15 is 0 Å². The number of nitrogens with one attached hydrogen (secondary N) is 1. The maximum absolute atomic E-state index is 12.9. The van der Waals surface area contributed by atoms with Gasteiger partial charge in [-0.1, -0.05) is 13.8 Å². The molecule has 1 fully saturated rings. The zero-order valence-electron chi connectivity index (χ0n) is 8.91. The molecule has 0 saturated heterocycles. The van der Waals surface area contributed by atoms with Crippen molar-refractivity contribution in [3.63, 3.8) is 0 Å². The van der Waals surface area contributed by atoms with Crippen LogP contribution in [0.1, 0.15) is 33.1 Å². The van der Waals surface area contributed by atoms with Crippen molar-refractivity contribution in [3.05, 3.63) is 0 Å². The highest BCUT2D eigenvalue weighted by molar-refractivity contribution is 4.99. The highest BCUT2D eigenvalue weighted by atomic mass is 19.4. The van der Waals surface area contributed by atoms with Crippen LogP contribution in [0.2, 0.25) is 0 Å². The minimum atomic E-state index is -4.13. The van der Waals surface area contributed by atoms with Crippen molar-refractivity contribution in [2.45, 2.75) is 44.8 Å². The summed E-state index contributed by atoms with van der Waals surface area (Å²) in [5, 5.41) is 2.49. The van der Waals surface area contributed by atoms with Crippen molar-refractivity contribution in [1.82, 2.24) is 5.32 Å². The molecule has 0 aromatic carbocycles. The van der Waals surface area contributed by atoms with Crippen molar-refractivity contribution in [1.29, 1.82) is 0 Å². The molecule has 0 aromatic heterocycles. The van der Waals surface area contributed by atoms with Crippen LogP contribution in [0.15, 0.2) is 0 Å². The van der Waals surface area contributed by atoms with Crippen LogP contribution >= 0.6 is 0 Å². The quantitative estimate of drug-likeness (QED) is 0.700. The Morgan fingerprint density at radius 1 is 1.14 bits per heavy atom. The normalized spacial score (nSPS) is 39.9. The van der Waals surface area contributed by atoms with Gasteiger partial charge in [-0.05, 0) is 38.1 Å². The van der Waals surface area contributed by atoms with E-state index in [2.05, 4.69) is 5.32 Å². The fourth-order valence-corrected chi connectivity index (χ4v) is 2.70. The molecule has 1 saturated carbocycles. The van der Waals surface area contributed by atoms with E-state index in [1.807, 2.05) is 13.8 Å². The summed E-state index contributed by atoms with van der Waals surface area (Å²) in [4.78, 5) is 0. The van der Waals surface area contributed by atoms with Crippen molar-refractivity contribution in [2.24, 2.45) is 11.8 Å². The first kappa shape index (κ1) is 11.8. The monoisotopic (exact) mass is 209 g/mol. The molecule has 2 unspecified atom stereocenters. The Morgan fingerprint density at radius 3 is 1.86 bits per heavy atom. The molecular formula is C10H18F3N. The van der Waals surface area contributed by atoms with Crippen molar-refractivity contribution < 1.29 is 13.2 Å². The molecule has 1 nitrogen and oxygen atoms in total. The van der Waals surface area contributed by atoms with Gasteiger partial charge in [0.2, 0.25) is 0 Å². The lowest BCUT2D eigenvalue weighted by Gasteiger charge is -2.43. The van der Waals surface area contributed by atoms with Gasteiger partial charge in [-0.3, -0.25) is 0 Å². The summed E-state index contributed by atoms with van der Waals surface area (Å²) in [6.45, 7) is 3.79. The van der Waals surface area contributed by atoms with Gasteiger partial charge in [-0.25, -0.2) is 0 Å². The van der Waals surface area contributed by atoms with Crippen LogP contribution in [0.5, 0.6) is 0 Å². The average Bonchev–Trinajstić information content (AvgIpc) is 2.00. The van der Waals surface area contributed by atoms with Gasteiger partial charge >= 0.3 is 6.18 Å². The maximum Gasteiger partial charge on any atom is 0.406 e. The maximum atomic E-state index is 12.9. The third-order valence-electron chi connectivity index (χ3n) is 3.22. The second kappa shape index (κ2) is 3.72. The Hall–Kier alpha value is -0.250. The molecule has 0 bridgehead atoms. The molecule has 84 valence electrons. The Bertz CT molecular complexity index is 190. The minimum Gasteiger partial charge on any atom is -0.307 e. The van der Waals surface area contributed by atoms with Gasteiger partial charge in [0.05, 0.1) is 0 Å². The fourth-order valence-electron chi connectivity index (χ4n) is 2.70. The van der Waals surface area contributed by atoms with Crippen LogP contribution in [0.3, 0.4) is 0 Å². The number of rotatable bonds is 1. The van der Waals surface area contributed by atoms with Crippen LogP contribution in [-0.2, 0) is 0 Å². The molecule has 0 amide bonds. The summed E-state index contributed by atoms with van der Waals surface area (Å²) in [7, 11) is 1.41. The summed E-state index contributed by atoms with van der Waals surface area (Å²) in [5.74, 6) is 0.292. The topological polar surface area (TPSA) is 12.0 Å². The second-order valence-electron chi connectivity index (χ2n) is 4.68. The molecule has 0 radical (unpaired) electrons. The average molecular weight is 209 g/mol. The molecule has 0 spiro atoms. The predicted octanol–water partition coefficient (Wildman–Crippen LogP) is 2.96. The van der Waals surface area contributed by atoms with E-state index in [4.69, 9.17) is 0 Å². The highest BCUT2D eigenvalue weighted by Gasteiger charge is 2.56. The Balaban J connectivity index is 2.88. The van der Waals surface area contributed by atoms with E-state index in [-0.39, 0.29) is 24.7 Å². The molecule has 4 heteroatoms. The SMILES string of the molecule is CNC1(C(F)(F)F)CC(C)CC(C)C1. The van der Waals surface area contributed by atoms with Gasteiger partial charge in [0.25, 0.3) is 0 Å². The van der Waals surface area contributed by atoms with E-state index in [1.165, 1.54) is 7.05 Å². The third kappa shape index (κ3) is 2.05. The summed E-state index contributed by atoms with van der Waals surface area (Å²) >= 11 is 0. The molecular weight excluding hydrogens is 191 g/mol. The second-order valence-corrected chi connectivity index (χ2v) is 4.68. The van der Waals surface area contributed by atoms with E-state index in [1.54, 1.807) is 0 Å². The van der Waals surface area contributed by atoms with Crippen LogP contribution < -0.4 is 5.32 Å². The third-order valence-corrected chi connectivity index (χ3v) is 3.22. The largest absolute Gasteiger partial charge is 0.406 e. The van der Waals surface area contributed by atoms with Gasteiger partial charge in [0.15, 0.2) is 0 Å². The molecule has 2 atom stereocenters. The fraction of sp³-hybridized carbons (Fsp3) is 1.00. The van der Waals surface area contributed by atoms with Crippen molar-refractivity contribution in [2.75, 3.05) is 7.05 Å². The van der Waals surface area contributed by atoms with Gasteiger partial charge in [0.1, 0.15) is 5.54 Å². The van der Waals surface area contributed by atoms with Crippen molar-refractivity contribution in [3.8, 4) is 0 Å². The van der Waals surface area contributed by atoms with E-state index in [0.717, 1.165) is 6.42 Å². The number of halogens is 3. The number of alkyl halides is 3. The first-order valence-electron chi connectivity index (χ1n) is 5.06. The summed E-state index contributed by atoms with van der Waals surface area (Å²) in [6.07, 6.45) is -2.82. The molecule has 14 heavy (non-hydrogen) atoms. The number of hydrogen-bond acceptors (Lipinski definition) is 1. The van der Waals surface area contributed by atoms with Crippen LogP contribution in [0, 0.1) is 11.8 Å². The Morgan fingerprint density at radius 2 is 1.57 bits per heavy atom. The Labute approximate surface area is 83.1 Å². The van der Waals surface area contributed by atoms with Gasteiger partial charge < -0.3 is 5.32 Å². The molecule has 1 aliphatic rings. The zero-order chi connectivity index (χ0) is 11.0. The van der Waals surface area contributed by atoms with Crippen molar-refractivity contribution >= 4 is 0 Å². The van der Waals surface area contributed by atoms with E-state index in [0.29, 0.717) is 0 Å². The zero-order valence-corrected chi connectivity index (χ0v) is 8.91. The van der Waals surface area contributed by atoms with E-state index < -0.39 is 11.7 Å². The first-order valence-corrected chi connectivity index (χ1v) is 5.06. The van der Waals surface area contributed by atoms with Crippen LogP contribution in [0.25, 0.3) is 0 Å². The van der Waals surface area contributed by atoms with Crippen LogP contribution in [-0.4, -0.2) is 18.8 Å². The first-order chi connectivity index (χ1) is 6.31. The molecule has 0 aromatic rings. The summed E-state index contributed by atoms with van der Waals surface area (Å²) < 4.78 is 38.6. The number of hydrogen-bond donors (Lipinski definition) is 1. The molecule has 1 rings (SSSR count). The molecule has 1 N–H and O–H groups in total. The van der Waals surface area contributed by atoms with Gasteiger partial charge in [0, 0.05) is 0 Å². The van der Waals surface area contributed by atoms with Gasteiger partial charge in [-0.15, -0.1) is 0 Å². The molecule has 0 heterocycles. The minimum absolute atomic E-state index is 0.146. The van der Waals surface area contributed by atoms with E-state index in [9.17, 15) is 13.2 Å². The smallest absolute Gasteiger partial charge is 0.307 e. The predicted molar refractivity (Wildman–Crippen MR) is 50.0 cm³/mol. The summed E-state index contributed by atoms with van der Waals surface area (Å²) in [5.41, 5.74) is -1.65. The standard InChI is InChI=1S/C10H18F3N/c1-7-4-8(2)6-9(5-7,14-3)10(11,12)13/h7-8,14H,4-6H2,1-3H3.